The molecule has 7 heteroatoms. The Kier molecular flexibility index (Phi) is 3.40. The molecule has 18 heavy (non-hydrogen) atoms. The van der Waals surface area contributed by atoms with Crippen molar-refractivity contribution in [1.82, 2.24) is 9.13 Å². The van der Waals surface area contributed by atoms with Crippen molar-refractivity contribution in [3.05, 3.63) is 34.2 Å². The number of aliphatic hydroxyl groups is 1. The highest BCUT2D eigenvalue weighted by Gasteiger charge is 2.32. The van der Waals surface area contributed by atoms with Crippen molar-refractivity contribution in [2.24, 2.45) is 14.1 Å². The highest BCUT2D eigenvalue weighted by atomic mass is 35.6. The molecule has 1 N–H and O–H groups in total. The summed E-state index contributed by atoms with van der Waals surface area (Å²) in [5, 5.41) is 9.89. The van der Waals surface area contributed by atoms with Crippen molar-refractivity contribution in [1.29, 1.82) is 0 Å². The van der Waals surface area contributed by atoms with Gasteiger partial charge in [0.1, 0.15) is 6.10 Å². The van der Waals surface area contributed by atoms with Gasteiger partial charge in [-0.1, -0.05) is 40.9 Å². The monoisotopic (exact) mass is 308 g/mol. The fourth-order valence-electron chi connectivity index (χ4n) is 1.88. The maximum atomic E-state index is 11.8. The van der Waals surface area contributed by atoms with E-state index in [0.29, 0.717) is 11.1 Å². The van der Waals surface area contributed by atoms with E-state index >= 15 is 0 Å². The number of imidazole rings is 1. The lowest BCUT2D eigenvalue weighted by Gasteiger charge is -2.19. The van der Waals surface area contributed by atoms with E-state index in [-0.39, 0.29) is 5.69 Å². The summed E-state index contributed by atoms with van der Waals surface area (Å²) in [6.45, 7) is 0. The molecular weight excluding hydrogens is 298 g/mol. The number of aryl methyl sites for hydroxylation is 2. The van der Waals surface area contributed by atoms with Gasteiger partial charge in [-0.25, -0.2) is 4.79 Å². The fraction of sp³-hybridized carbons (Fsp3) is 0.364. The van der Waals surface area contributed by atoms with E-state index in [1.165, 1.54) is 9.13 Å². The smallest absolute Gasteiger partial charge is 0.328 e. The van der Waals surface area contributed by atoms with Gasteiger partial charge in [0, 0.05) is 14.1 Å². The molecule has 0 bridgehead atoms. The molecule has 0 radical (unpaired) electrons. The molecule has 2 aromatic rings. The molecule has 0 fully saturated rings. The first-order valence-electron chi connectivity index (χ1n) is 5.13. The van der Waals surface area contributed by atoms with Crippen LogP contribution in [0.3, 0.4) is 0 Å². The molecule has 0 saturated heterocycles. The van der Waals surface area contributed by atoms with Crippen LogP contribution in [0.2, 0.25) is 0 Å². The number of aromatic nitrogens is 2. The zero-order valence-electron chi connectivity index (χ0n) is 9.69. The second-order valence-electron chi connectivity index (χ2n) is 4.09. The zero-order valence-corrected chi connectivity index (χ0v) is 12.0. The van der Waals surface area contributed by atoms with Gasteiger partial charge in [-0.15, -0.1) is 0 Å². The lowest BCUT2D eigenvalue weighted by Crippen LogP contribution is -2.19. The zero-order chi connectivity index (χ0) is 13.7. The van der Waals surface area contributed by atoms with Crippen LogP contribution in [-0.4, -0.2) is 18.0 Å². The van der Waals surface area contributed by atoms with E-state index in [4.69, 9.17) is 34.8 Å². The number of hydrogen-bond donors (Lipinski definition) is 1. The van der Waals surface area contributed by atoms with Crippen LogP contribution in [0.4, 0.5) is 0 Å². The van der Waals surface area contributed by atoms with E-state index in [0.717, 1.165) is 5.52 Å². The van der Waals surface area contributed by atoms with Crippen molar-refractivity contribution in [3.63, 3.8) is 0 Å². The van der Waals surface area contributed by atoms with Crippen molar-refractivity contribution in [2.75, 3.05) is 0 Å². The molecule has 0 aliphatic carbocycles. The number of nitrogens with zero attached hydrogens (tertiary/aromatic N) is 2. The lowest BCUT2D eigenvalue weighted by molar-refractivity contribution is 0.182. The van der Waals surface area contributed by atoms with E-state index in [2.05, 4.69) is 0 Å². The van der Waals surface area contributed by atoms with E-state index < -0.39 is 9.90 Å². The fourth-order valence-corrected chi connectivity index (χ4v) is 2.26. The predicted octanol–water partition coefficient (Wildman–Crippen LogP) is 2.28. The molecule has 2 rings (SSSR count). The average Bonchev–Trinajstić information content (AvgIpc) is 2.52. The van der Waals surface area contributed by atoms with Crippen LogP contribution in [-0.2, 0) is 14.1 Å². The lowest BCUT2D eigenvalue weighted by atomic mass is 10.1. The highest BCUT2D eigenvalue weighted by Crippen LogP contribution is 2.40. The largest absolute Gasteiger partial charge is 0.384 e. The molecule has 1 heterocycles. The van der Waals surface area contributed by atoms with E-state index in [1.807, 2.05) is 0 Å². The van der Waals surface area contributed by atoms with Gasteiger partial charge in [-0.3, -0.25) is 9.13 Å². The Hall–Kier alpha value is -0.680. The normalized spacial score (nSPS) is 14.1. The second kappa shape index (κ2) is 4.46. The molecule has 0 spiro atoms. The summed E-state index contributed by atoms with van der Waals surface area (Å²) in [6.07, 6.45) is -1.25. The van der Waals surface area contributed by atoms with Gasteiger partial charge in [-0.2, -0.15) is 0 Å². The molecule has 1 aromatic carbocycles. The second-order valence-corrected chi connectivity index (χ2v) is 6.46. The van der Waals surface area contributed by atoms with Crippen LogP contribution in [0.1, 0.15) is 11.7 Å². The number of aliphatic hydroxyl groups excluding tert-OH is 1. The molecule has 0 saturated carbocycles. The van der Waals surface area contributed by atoms with Crippen LogP contribution in [0.15, 0.2) is 23.0 Å². The van der Waals surface area contributed by atoms with Gasteiger partial charge in [0.05, 0.1) is 11.0 Å². The van der Waals surface area contributed by atoms with Crippen LogP contribution >= 0.6 is 34.8 Å². The van der Waals surface area contributed by atoms with Gasteiger partial charge in [0.15, 0.2) is 0 Å². The summed E-state index contributed by atoms with van der Waals surface area (Å²) in [5.41, 5.74) is 1.73. The van der Waals surface area contributed by atoms with E-state index in [1.54, 1.807) is 32.3 Å². The number of benzene rings is 1. The van der Waals surface area contributed by atoms with Gasteiger partial charge in [-0.05, 0) is 17.7 Å². The Morgan fingerprint density at radius 3 is 2.28 bits per heavy atom. The van der Waals surface area contributed by atoms with E-state index in [9.17, 15) is 9.90 Å². The van der Waals surface area contributed by atoms with Gasteiger partial charge in [0.25, 0.3) is 0 Å². The Labute approximate surface area is 118 Å². The quantitative estimate of drug-likeness (QED) is 0.822. The number of rotatable bonds is 1. The first kappa shape index (κ1) is 13.7. The number of alkyl halides is 3. The molecule has 1 aromatic heterocycles. The number of halogens is 3. The molecule has 4 nitrogen and oxygen atoms in total. The topological polar surface area (TPSA) is 47.2 Å². The molecule has 0 aliphatic rings. The molecule has 0 amide bonds. The van der Waals surface area contributed by atoms with Crippen LogP contribution < -0.4 is 5.69 Å². The molecule has 0 aliphatic heterocycles. The van der Waals surface area contributed by atoms with Crippen molar-refractivity contribution >= 4 is 45.8 Å². The van der Waals surface area contributed by atoms with Crippen molar-refractivity contribution < 1.29 is 5.11 Å². The first-order valence-corrected chi connectivity index (χ1v) is 6.27. The predicted molar refractivity (Wildman–Crippen MR) is 73.4 cm³/mol. The van der Waals surface area contributed by atoms with Gasteiger partial charge < -0.3 is 5.11 Å². The summed E-state index contributed by atoms with van der Waals surface area (Å²) in [7, 11) is 3.33. The van der Waals surface area contributed by atoms with Crippen LogP contribution in [0, 0.1) is 0 Å². The Balaban J connectivity index is 2.65. The molecule has 1 unspecified atom stereocenters. The Morgan fingerprint density at radius 1 is 1.17 bits per heavy atom. The third-order valence-corrected chi connectivity index (χ3v) is 3.54. The Morgan fingerprint density at radius 2 is 1.72 bits per heavy atom. The number of fused-ring (bicyclic) bond motifs is 1. The van der Waals surface area contributed by atoms with Crippen molar-refractivity contribution in [3.8, 4) is 0 Å². The number of hydrogen-bond acceptors (Lipinski definition) is 2. The average molecular weight is 310 g/mol. The molecular formula is C11H11Cl3N2O2. The minimum Gasteiger partial charge on any atom is -0.384 e. The third-order valence-electron chi connectivity index (χ3n) is 2.92. The highest BCUT2D eigenvalue weighted by molar-refractivity contribution is 6.68. The van der Waals surface area contributed by atoms with Crippen LogP contribution in [0.25, 0.3) is 11.0 Å². The molecule has 1 atom stereocenters. The van der Waals surface area contributed by atoms with Crippen LogP contribution in [0.5, 0.6) is 0 Å². The third kappa shape index (κ3) is 2.14. The Bertz CT molecular complexity index is 655. The summed E-state index contributed by atoms with van der Waals surface area (Å²) in [6, 6.07) is 4.99. The maximum Gasteiger partial charge on any atom is 0.328 e. The SMILES string of the molecule is Cn1c(=O)n(C)c2cc(C(O)C(Cl)(Cl)Cl)ccc21. The summed E-state index contributed by atoms with van der Waals surface area (Å²) >= 11 is 17.0. The standard InChI is InChI=1S/C11H11Cl3N2O2/c1-15-7-4-3-6(9(17)11(12,13)14)5-8(7)16(2)10(15)18/h3-5,9,17H,1-2H3. The van der Waals surface area contributed by atoms with Gasteiger partial charge in [0.2, 0.25) is 3.79 Å². The minimum absolute atomic E-state index is 0.148. The minimum atomic E-state index is -1.80. The van der Waals surface area contributed by atoms with Gasteiger partial charge >= 0.3 is 5.69 Å². The maximum absolute atomic E-state index is 11.8. The summed E-state index contributed by atoms with van der Waals surface area (Å²) in [4.78, 5) is 11.8. The van der Waals surface area contributed by atoms with Crippen molar-refractivity contribution in [2.45, 2.75) is 9.90 Å². The molecule has 98 valence electrons. The summed E-state index contributed by atoms with van der Waals surface area (Å²) < 4.78 is 1.19. The summed E-state index contributed by atoms with van der Waals surface area (Å²) in [5.74, 6) is 0. The first-order chi connectivity index (χ1) is 8.23.